The quantitative estimate of drug-likeness (QED) is 0.127. The third-order valence-corrected chi connectivity index (χ3v) is 6.11. The van der Waals surface area contributed by atoms with Crippen LogP contribution in [0.5, 0.6) is 5.75 Å². The highest BCUT2D eigenvalue weighted by Crippen LogP contribution is 2.34. The molecule has 0 spiro atoms. The van der Waals surface area contributed by atoms with Gasteiger partial charge in [-0.15, -0.1) is 11.3 Å². The summed E-state index contributed by atoms with van der Waals surface area (Å²) in [7, 11) is 0. The van der Waals surface area contributed by atoms with Crippen molar-refractivity contribution < 1.29 is 14.3 Å². The number of hydrogen-bond donors (Lipinski definition) is 1. The number of esters is 1. The average molecular weight is 461 g/mol. The van der Waals surface area contributed by atoms with Crippen LogP contribution in [-0.2, 0) is 4.79 Å². The Kier molecular flexibility index (Phi) is 6.75. The molecule has 158 valence electrons. The van der Waals surface area contributed by atoms with Gasteiger partial charge in [0.05, 0.1) is 11.2 Å². The second kappa shape index (κ2) is 10.0. The van der Waals surface area contributed by atoms with Crippen molar-refractivity contribution >= 4 is 57.2 Å². The molecule has 4 rings (SSSR count). The van der Waals surface area contributed by atoms with Gasteiger partial charge in [0.1, 0.15) is 10.6 Å². The highest BCUT2D eigenvalue weighted by Gasteiger charge is 2.16. The molecule has 0 saturated heterocycles. The summed E-state index contributed by atoms with van der Waals surface area (Å²) in [4.78, 5) is 24.8. The van der Waals surface area contributed by atoms with Gasteiger partial charge in [-0.05, 0) is 47.5 Å². The van der Waals surface area contributed by atoms with Gasteiger partial charge < -0.3 is 4.74 Å². The summed E-state index contributed by atoms with van der Waals surface area (Å²) in [6.07, 6.45) is 4.56. The molecule has 0 atom stereocenters. The van der Waals surface area contributed by atoms with Crippen molar-refractivity contribution in [3.05, 3.63) is 106 Å². The van der Waals surface area contributed by atoms with E-state index in [-0.39, 0.29) is 5.91 Å². The predicted molar refractivity (Wildman–Crippen MR) is 129 cm³/mol. The van der Waals surface area contributed by atoms with E-state index in [2.05, 4.69) is 10.5 Å². The highest BCUT2D eigenvalue weighted by atomic mass is 35.5. The predicted octanol–water partition coefficient (Wildman–Crippen LogP) is 5.94. The number of halogens is 1. The minimum absolute atomic E-state index is 0.372. The van der Waals surface area contributed by atoms with Crippen molar-refractivity contribution in [3.8, 4) is 5.75 Å². The smallest absolute Gasteiger partial charge is 0.336 e. The van der Waals surface area contributed by atoms with E-state index in [1.165, 1.54) is 23.6 Å². The van der Waals surface area contributed by atoms with Gasteiger partial charge in [0.15, 0.2) is 0 Å². The van der Waals surface area contributed by atoms with Crippen LogP contribution in [0.1, 0.15) is 20.8 Å². The van der Waals surface area contributed by atoms with Crippen molar-refractivity contribution in [1.82, 2.24) is 5.43 Å². The van der Waals surface area contributed by atoms with E-state index in [9.17, 15) is 9.59 Å². The maximum atomic E-state index is 12.4. The molecule has 0 unspecified atom stereocenters. The number of hydrogen-bond acceptors (Lipinski definition) is 5. The summed E-state index contributed by atoms with van der Waals surface area (Å²) in [5, 5.41) is 5.25. The second-order valence-corrected chi connectivity index (χ2v) is 8.10. The average Bonchev–Trinajstić information content (AvgIpc) is 3.16. The minimum atomic E-state index is -0.470. The standard InChI is InChI=1S/C25H17ClN2O3S/c26-23-20-8-4-5-9-21(20)32-24(23)25(30)28-27-16-18-10-13-19(14-11-18)31-22(29)15-12-17-6-2-1-3-7-17/h1-16H,(H,28,30). The maximum absolute atomic E-state index is 12.4. The Labute approximate surface area is 193 Å². The molecule has 0 saturated carbocycles. The number of nitrogens with one attached hydrogen (secondary N) is 1. The monoisotopic (exact) mass is 460 g/mol. The lowest BCUT2D eigenvalue weighted by molar-refractivity contribution is -0.128. The summed E-state index contributed by atoms with van der Waals surface area (Å²) in [5.41, 5.74) is 4.13. The summed E-state index contributed by atoms with van der Waals surface area (Å²) >= 11 is 7.63. The van der Waals surface area contributed by atoms with E-state index in [0.717, 1.165) is 21.2 Å². The zero-order chi connectivity index (χ0) is 22.3. The number of amides is 1. The fraction of sp³-hybridized carbons (Fsp3) is 0. The molecule has 0 radical (unpaired) electrons. The van der Waals surface area contributed by atoms with Crippen LogP contribution in [0.4, 0.5) is 0 Å². The van der Waals surface area contributed by atoms with E-state index < -0.39 is 5.97 Å². The van der Waals surface area contributed by atoms with Gasteiger partial charge in [-0.25, -0.2) is 10.2 Å². The Morgan fingerprint density at radius 3 is 2.38 bits per heavy atom. The van der Waals surface area contributed by atoms with Gasteiger partial charge in [0, 0.05) is 16.2 Å². The Morgan fingerprint density at radius 1 is 0.906 bits per heavy atom. The van der Waals surface area contributed by atoms with Crippen molar-refractivity contribution in [2.24, 2.45) is 5.10 Å². The van der Waals surface area contributed by atoms with E-state index >= 15 is 0 Å². The molecule has 0 aliphatic heterocycles. The van der Waals surface area contributed by atoms with Crippen molar-refractivity contribution in [2.75, 3.05) is 0 Å². The van der Waals surface area contributed by atoms with Crippen molar-refractivity contribution in [1.29, 1.82) is 0 Å². The zero-order valence-corrected chi connectivity index (χ0v) is 18.3. The third kappa shape index (κ3) is 5.29. The SMILES string of the molecule is O=C(C=Cc1ccccc1)Oc1ccc(C=NNC(=O)c2sc3ccccc3c2Cl)cc1. The number of ether oxygens (including phenoxy) is 1. The lowest BCUT2D eigenvalue weighted by Crippen LogP contribution is -2.16. The molecule has 0 aliphatic rings. The lowest BCUT2D eigenvalue weighted by Gasteiger charge is -2.02. The van der Waals surface area contributed by atoms with E-state index in [4.69, 9.17) is 16.3 Å². The number of carbonyl (C=O) groups is 2. The molecule has 4 aromatic rings. The first-order valence-electron chi connectivity index (χ1n) is 9.65. The minimum Gasteiger partial charge on any atom is -0.423 e. The highest BCUT2D eigenvalue weighted by molar-refractivity contribution is 7.21. The Hall–Kier alpha value is -3.74. The molecule has 1 heterocycles. The van der Waals surface area contributed by atoms with Crippen LogP contribution in [0.15, 0.2) is 90.0 Å². The Morgan fingerprint density at radius 2 is 1.62 bits per heavy atom. The summed E-state index contributed by atoms with van der Waals surface area (Å²) in [5.74, 6) is -0.433. The molecular formula is C25H17ClN2O3S. The van der Waals surface area contributed by atoms with Gasteiger partial charge in [-0.2, -0.15) is 5.10 Å². The topological polar surface area (TPSA) is 67.8 Å². The summed E-state index contributed by atoms with van der Waals surface area (Å²) in [6.45, 7) is 0. The molecular weight excluding hydrogens is 444 g/mol. The number of rotatable bonds is 6. The molecule has 0 fully saturated rings. The first kappa shape index (κ1) is 21.5. The van der Waals surface area contributed by atoms with Crippen LogP contribution in [-0.4, -0.2) is 18.1 Å². The van der Waals surface area contributed by atoms with Crippen molar-refractivity contribution in [3.63, 3.8) is 0 Å². The second-order valence-electron chi connectivity index (χ2n) is 6.67. The van der Waals surface area contributed by atoms with E-state index in [0.29, 0.717) is 15.6 Å². The van der Waals surface area contributed by atoms with Gasteiger partial charge in [0.25, 0.3) is 5.91 Å². The van der Waals surface area contributed by atoms with Crippen LogP contribution in [0, 0.1) is 0 Å². The van der Waals surface area contributed by atoms with Crippen LogP contribution in [0.3, 0.4) is 0 Å². The van der Waals surface area contributed by atoms with Crippen LogP contribution in [0.2, 0.25) is 5.02 Å². The lowest BCUT2D eigenvalue weighted by atomic mass is 10.2. The van der Waals surface area contributed by atoms with Crippen LogP contribution < -0.4 is 10.2 Å². The van der Waals surface area contributed by atoms with Crippen LogP contribution in [0.25, 0.3) is 16.2 Å². The molecule has 7 heteroatoms. The van der Waals surface area contributed by atoms with Gasteiger partial charge in [-0.3, -0.25) is 4.79 Å². The molecule has 5 nitrogen and oxygen atoms in total. The molecule has 0 aliphatic carbocycles. The number of hydrazone groups is 1. The Bertz CT molecular complexity index is 1310. The number of nitrogens with zero attached hydrogens (tertiary/aromatic N) is 1. The molecule has 1 N–H and O–H groups in total. The molecule has 3 aromatic carbocycles. The van der Waals surface area contributed by atoms with Gasteiger partial charge >= 0.3 is 5.97 Å². The first-order chi connectivity index (χ1) is 15.6. The zero-order valence-electron chi connectivity index (χ0n) is 16.7. The normalized spacial score (nSPS) is 11.3. The maximum Gasteiger partial charge on any atom is 0.336 e. The molecule has 1 aromatic heterocycles. The van der Waals surface area contributed by atoms with Crippen molar-refractivity contribution in [2.45, 2.75) is 0 Å². The fourth-order valence-electron chi connectivity index (χ4n) is 2.88. The van der Waals surface area contributed by atoms with E-state index in [1.807, 2.05) is 54.6 Å². The number of carbonyl (C=O) groups excluding carboxylic acids is 2. The third-order valence-electron chi connectivity index (χ3n) is 4.43. The largest absolute Gasteiger partial charge is 0.423 e. The van der Waals surface area contributed by atoms with Gasteiger partial charge in [-0.1, -0.05) is 60.1 Å². The van der Waals surface area contributed by atoms with E-state index in [1.54, 1.807) is 30.3 Å². The van der Waals surface area contributed by atoms with Gasteiger partial charge in [0.2, 0.25) is 0 Å². The summed E-state index contributed by atoms with van der Waals surface area (Å²) < 4.78 is 6.22. The van der Waals surface area contributed by atoms with Crippen LogP contribution >= 0.6 is 22.9 Å². The number of thiophene rings is 1. The number of fused-ring (bicyclic) bond motifs is 1. The molecule has 0 bridgehead atoms. The fourth-order valence-corrected chi connectivity index (χ4v) is 4.28. The summed E-state index contributed by atoms with van der Waals surface area (Å²) in [6, 6.07) is 23.8. The number of benzene rings is 3. The molecule has 32 heavy (non-hydrogen) atoms. The Balaban J connectivity index is 1.33. The molecule has 1 amide bonds. The first-order valence-corrected chi connectivity index (χ1v) is 10.8.